The Morgan fingerprint density at radius 1 is 0.857 bits per heavy atom. The average Bonchev–Trinajstić information content (AvgIpc) is 2.54. The first-order valence-corrected chi connectivity index (χ1v) is 6.68. The van der Waals surface area contributed by atoms with Gasteiger partial charge in [0.2, 0.25) is 0 Å². The van der Waals surface area contributed by atoms with Gasteiger partial charge in [-0.05, 0) is 42.3 Å². The predicted octanol–water partition coefficient (Wildman–Crippen LogP) is 3.30. The lowest BCUT2D eigenvalue weighted by molar-refractivity contribution is 0.00441. The third-order valence-electron chi connectivity index (χ3n) is 3.64. The molecule has 0 amide bonds. The van der Waals surface area contributed by atoms with Crippen molar-refractivity contribution in [2.45, 2.75) is 18.7 Å². The van der Waals surface area contributed by atoms with Crippen LogP contribution in [-0.4, -0.2) is 25.5 Å². The zero-order valence-electron chi connectivity index (χ0n) is 12.3. The van der Waals surface area contributed by atoms with Crippen molar-refractivity contribution in [1.82, 2.24) is 0 Å². The number of aliphatic hydroxyl groups is 1. The lowest BCUT2D eigenvalue weighted by Crippen LogP contribution is -2.36. The van der Waals surface area contributed by atoms with Crippen molar-refractivity contribution < 1.29 is 19.0 Å². The number of ether oxygens (including phenoxy) is 2. The number of benzene rings is 2. The highest BCUT2D eigenvalue weighted by molar-refractivity contribution is 5.41. The summed E-state index contributed by atoms with van der Waals surface area (Å²) in [6.45, 7) is 1.34. The van der Waals surface area contributed by atoms with Gasteiger partial charge in [0.05, 0.1) is 14.2 Å². The molecule has 21 heavy (non-hydrogen) atoms. The molecular formula is C17H19FO3. The van der Waals surface area contributed by atoms with Gasteiger partial charge in [0.15, 0.2) is 0 Å². The number of rotatable bonds is 5. The van der Waals surface area contributed by atoms with Gasteiger partial charge in [-0.25, -0.2) is 4.39 Å². The van der Waals surface area contributed by atoms with Crippen molar-refractivity contribution in [3.8, 4) is 11.5 Å². The van der Waals surface area contributed by atoms with Crippen LogP contribution in [0.3, 0.4) is 0 Å². The van der Waals surface area contributed by atoms with Gasteiger partial charge in [-0.15, -0.1) is 0 Å². The van der Waals surface area contributed by atoms with Crippen molar-refractivity contribution >= 4 is 0 Å². The minimum atomic E-state index is -1.71. The summed E-state index contributed by atoms with van der Waals surface area (Å²) in [7, 11) is 3.12. The Labute approximate surface area is 124 Å². The number of hydrogen-bond donors (Lipinski definition) is 1. The molecule has 2 aromatic carbocycles. The summed E-state index contributed by atoms with van der Waals surface area (Å²) < 4.78 is 24.3. The average molecular weight is 290 g/mol. The van der Waals surface area contributed by atoms with Crippen molar-refractivity contribution in [3.63, 3.8) is 0 Å². The number of hydrogen-bond acceptors (Lipinski definition) is 3. The lowest BCUT2D eigenvalue weighted by Gasteiger charge is -2.31. The second kappa shape index (κ2) is 6.14. The Morgan fingerprint density at radius 2 is 1.19 bits per heavy atom. The van der Waals surface area contributed by atoms with E-state index in [1.165, 1.54) is 6.92 Å². The summed E-state index contributed by atoms with van der Waals surface area (Å²) in [6, 6.07) is 13.5. The summed E-state index contributed by atoms with van der Waals surface area (Å²) in [4.78, 5) is 0. The van der Waals surface area contributed by atoms with E-state index in [1.807, 2.05) is 0 Å². The third kappa shape index (κ3) is 2.85. The summed E-state index contributed by atoms with van der Waals surface area (Å²) in [5, 5.41) is 10.9. The van der Waals surface area contributed by atoms with Crippen LogP contribution >= 0.6 is 0 Å². The summed E-state index contributed by atoms with van der Waals surface area (Å²) in [5.41, 5.74) is -0.759. The number of alkyl halides is 1. The van der Waals surface area contributed by atoms with Crippen molar-refractivity contribution in [1.29, 1.82) is 0 Å². The molecule has 4 heteroatoms. The van der Waals surface area contributed by atoms with E-state index in [4.69, 9.17) is 9.47 Å². The first kappa shape index (κ1) is 15.3. The van der Waals surface area contributed by atoms with Gasteiger partial charge >= 0.3 is 0 Å². The Balaban J connectivity index is 2.47. The van der Waals surface area contributed by atoms with E-state index in [-0.39, 0.29) is 0 Å². The molecule has 1 N–H and O–H groups in total. The van der Waals surface area contributed by atoms with Crippen LogP contribution in [0.2, 0.25) is 0 Å². The van der Waals surface area contributed by atoms with E-state index in [9.17, 15) is 9.50 Å². The van der Waals surface area contributed by atoms with Gasteiger partial charge in [-0.1, -0.05) is 24.3 Å². The fourth-order valence-electron chi connectivity index (χ4n) is 2.32. The van der Waals surface area contributed by atoms with Crippen LogP contribution in [0.1, 0.15) is 18.1 Å². The number of halogens is 1. The van der Waals surface area contributed by atoms with Crippen LogP contribution in [-0.2, 0) is 5.60 Å². The maximum Gasteiger partial charge on any atom is 0.145 e. The lowest BCUT2D eigenvalue weighted by atomic mass is 9.83. The maximum absolute atomic E-state index is 14.2. The molecule has 0 aliphatic carbocycles. The van der Waals surface area contributed by atoms with Crippen LogP contribution in [0, 0.1) is 0 Å². The zero-order valence-corrected chi connectivity index (χ0v) is 12.3. The monoisotopic (exact) mass is 290 g/mol. The normalized spacial score (nSPS) is 12.8. The van der Waals surface area contributed by atoms with Crippen LogP contribution in [0.5, 0.6) is 11.5 Å². The first-order valence-electron chi connectivity index (χ1n) is 6.68. The molecule has 0 aliphatic heterocycles. The second-order valence-electron chi connectivity index (χ2n) is 4.84. The van der Waals surface area contributed by atoms with E-state index < -0.39 is 11.8 Å². The van der Waals surface area contributed by atoms with Gasteiger partial charge in [-0.3, -0.25) is 0 Å². The van der Waals surface area contributed by atoms with Gasteiger partial charge in [0.1, 0.15) is 23.3 Å². The fourth-order valence-corrected chi connectivity index (χ4v) is 2.32. The molecule has 0 spiro atoms. The molecule has 3 nitrogen and oxygen atoms in total. The molecule has 112 valence electrons. The SMILES string of the molecule is COc1ccc(C(O)(c2ccc(OC)cc2)C(C)F)cc1. The molecule has 0 saturated heterocycles. The minimum Gasteiger partial charge on any atom is -0.497 e. The van der Waals surface area contributed by atoms with Crippen LogP contribution in [0.15, 0.2) is 48.5 Å². The summed E-state index contributed by atoms with van der Waals surface area (Å²) in [6.07, 6.45) is -1.47. The molecule has 0 fully saturated rings. The van der Waals surface area contributed by atoms with Crippen molar-refractivity contribution in [2.24, 2.45) is 0 Å². The summed E-state index contributed by atoms with van der Waals surface area (Å²) in [5.74, 6) is 1.31. The molecule has 0 aliphatic rings. The molecule has 1 unspecified atom stereocenters. The highest BCUT2D eigenvalue weighted by atomic mass is 19.1. The zero-order chi connectivity index (χ0) is 15.5. The smallest absolute Gasteiger partial charge is 0.145 e. The molecular weight excluding hydrogens is 271 g/mol. The topological polar surface area (TPSA) is 38.7 Å². The Morgan fingerprint density at radius 3 is 1.43 bits per heavy atom. The van der Waals surface area contributed by atoms with Gasteiger partial charge < -0.3 is 14.6 Å². The molecule has 0 heterocycles. The Kier molecular flexibility index (Phi) is 4.48. The standard InChI is InChI=1S/C17H19FO3/c1-12(18)17(19,13-4-8-15(20-2)9-5-13)14-6-10-16(21-3)11-7-14/h4-12,19H,1-3H3. The van der Waals surface area contributed by atoms with Crippen molar-refractivity contribution in [3.05, 3.63) is 59.7 Å². The summed E-state index contributed by atoms with van der Waals surface area (Å²) >= 11 is 0. The second-order valence-corrected chi connectivity index (χ2v) is 4.84. The van der Waals surface area contributed by atoms with Crippen LogP contribution in [0.25, 0.3) is 0 Å². The Hall–Kier alpha value is -2.07. The molecule has 0 radical (unpaired) electrons. The molecule has 0 aromatic heterocycles. The highest BCUT2D eigenvalue weighted by Gasteiger charge is 2.38. The first-order chi connectivity index (χ1) is 10.0. The van der Waals surface area contributed by atoms with E-state index >= 15 is 0 Å². The third-order valence-corrected chi connectivity index (χ3v) is 3.64. The largest absolute Gasteiger partial charge is 0.497 e. The Bertz CT molecular complexity index is 528. The van der Waals surface area contributed by atoms with Gasteiger partial charge in [-0.2, -0.15) is 0 Å². The molecule has 1 atom stereocenters. The maximum atomic E-state index is 14.2. The highest BCUT2D eigenvalue weighted by Crippen LogP contribution is 2.36. The molecule has 2 rings (SSSR count). The van der Waals surface area contributed by atoms with Crippen LogP contribution < -0.4 is 9.47 Å². The molecule has 0 bridgehead atoms. The van der Waals surface area contributed by atoms with E-state index in [2.05, 4.69) is 0 Å². The van der Waals surface area contributed by atoms with E-state index in [0.717, 1.165) is 0 Å². The number of methoxy groups -OCH3 is 2. The van der Waals surface area contributed by atoms with E-state index in [1.54, 1.807) is 62.8 Å². The fraction of sp³-hybridized carbons (Fsp3) is 0.294. The predicted molar refractivity (Wildman–Crippen MR) is 79.6 cm³/mol. The van der Waals surface area contributed by atoms with E-state index in [0.29, 0.717) is 22.6 Å². The van der Waals surface area contributed by atoms with Crippen molar-refractivity contribution in [2.75, 3.05) is 14.2 Å². The minimum absolute atomic E-state index is 0.475. The van der Waals surface area contributed by atoms with Gasteiger partial charge in [0, 0.05) is 0 Å². The molecule has 2 aromatic rings. The van der Waals surface area contributed by atoms with Gasteiger partial charge in [0.25, 0.3) is 0 Å². The quantitative estimate of drug-likeness (QED) is 0.918. The molecule has 0 saturated carbocycles. The van der Waals surface area contributed by atoms with Crippen LogP contribution in [0.4, 0.5) is 4.39 Å².